The SMILES string of the molecule is COc1cc(NC(=O)CCCCCCN)ccc1NC(C)=O.Cl. The fourth-order valence-electron chi connectivity index (χ4n) is 2.07. The second-order valence-corrected chi connectivity index (χ2v) is 5.10. The van der Waals surface area contributed by atoms with Gasteiger partial charge in [0.15, 0.2) is 0 Å². The Kier molecular flexibility index (Phi) is 10.8. The minimum absolute atomic E-state index is 0. The van der Waals surface area contributed by atoms with Crippen LogP contribution in [0.25, 0.3) is 0 Å². The van der Waals surface area contributed by atoms with Crippen LogP contribution >= 0.6 is 12.4 Å². The number of anilines is 2. The van der Waals surface area contributed by atoms with Gasteiger partial charge in [0.2, 0.25) is 11.8 Å². The second-order valence-electron chi connectivity index (χ2n) is 5.10. The van der Waals surface area contributed by atoms with E-state index in [2.05, 4.69) is 10.6 Å². The highest BCUT2D eigenvalue weighted by atomic mass is 35.5. The average molecular weight is 344 g/mol. The van der Waals surface area contributed by atoms with Gasteiger partial charge < -0.3 is 21.1 Å². The van der Waals surface area contributed by atoms with Gasteiger partial charge in [-0.15, -0.1) is 12.4 Å². The van der Waals surface area contributed by atoms with Gasteiger partial charge in [0, 0.05) is 25.1 Å². The summed E-state index contributed by atoms with van der Waals surface area (Å²) >= 11 is 0. The smallest absolute Gasteiger partial charge is 0.224 e. The van der Waals surface area contributed by atoms with Crippen LogP contribution in [0.3, 0.4) is 0 Å². The molecule has 0 aliphatic heterocycles. The van der Waals surface area contributed by atoms with E-state index < -0.39 is 0 Å². The number of unbranched alkanes of at least 4 members (excludes halogenated alkanes) is 3. The molecule has 0 heterocycles. The van der Waals surface area contributed by atoms with E-state index in [0.717, 1.165) is 25.7 Å². The number of ether oxygens (including phenoxy) is 1. The van der Waals surface area contributed by atoms with Crippen molar-refractivity contribution < 1.29 is 14.3 Å². The van der Waals surface area contributed by atoms with Crippen molar-refractivity contribution in [2.75, 3.05) is 24.3 Å². The number of hydrogen-bond donors (Lipinski definition) is 3. The number of benzene rings is 1. The van der Waals surface area contributed by atoms with Crippen molar-refractivity contribution in [1.82, 2.24) is 0 Å². The van der Waals surface area contributed by atoms with Crippen molar-refractivity contribution in [3.05, 3.63) is 18.2 Å². The lowest BCUT2D eigenvalue weighted by atomic mass is 10.1. The van der Waals surface area contributed by atoms with Gasteiger partial charge in [-0.1, -0.05) is 12.8 Å². The predicted molar refractivity (Wildman–Crippen MR) is 95.3 cm³/mol. The van der Waals surface area contributed by atoms with Gasteiger partial charge in [-0.25, -0.2) is 0 Å². The monoisotopic (exact) mass is 343 g/mol. The van der Waals surface area contributed by atoms with Crippen LogP contribution in [0.4, 0.5) is 11.4 Å². The summed E-state index contributed by atoms with van der Waals surface area (Å²) in [6.07, 6.45) is 4.41. The number of nitrogens with one attached hydrogen (secondary N) is 2. The second kappa shape index (κ2) is 11.7. The van der Waals surface area contributed by atoms with Crippen LogP contribution in [0, 0.1) is 0 Å². The molecule has 6 nitrogen and oxygen atoms in total. The van der Waals surface area contributed by atoms with E-state index in [1.165, 1.54) is 14.0 Å². The van der Waals surface area contributed by atoms with E-state index in [-0.39, 0.29) is 24.2 Å². The van der Waals surface area contributed by atoms with Crippen LogP contribution in [0.15, 0.2) is 18.2 Å². The van der Waals surface area contributed by atoms with Crippen LogP contribution in [-0.4, -0.2) is 25.5 Å². The lowest BCUT2D eigenvalue weighted by Gasteiger charge is -2.11. The van der Waals surface area contributed by atoms with Gasteiger partial charge >= 0.3 is 0 Å². The number of hydrogen-bond acceptors (Lipinski definition) is 4. The third-order valence-corrected chi connectivity index (χ3v) is 3.15. The molecule has 7 heteroatoms. The normalized spacial score (nSPS) is 9.70. The van der Waals surface area contributed by atoms with Gasteiger partial charge in [-0.3, -0.25) is 9.59 Å². The molecule has 0 atom stereocenters. The molecule has 0 spiro atoms. The molecule has 1 aromatic carbocycles. The average Bonchev–Trinajstić information content (AvgIpc) is 2.48. The van der Waals surface area contributed by atoms with Crippen LogP contribution in [0.5, 0.6) is 5.75 Å². The fourth-order valence-corrected chi connectivity index (χ4v) is 2.07. The molecule has 1 aromatic rings. The molecule has 0 aromatic heterocycles. The first-order valence-corrected chi connectivity index (χ1v) is 7.52. The fraction of sp³-hybridized carbons (Fsp3) is 0.500. The molecule has 2 amide bonds. The largest absolute Gasteiger partial charge is 0.494 e. The van der Waals surface area contributed by atoms with E-state index in [9.17, 15) is 9.59 Å². The Morgan fingerprint density at radius 1 is 1.13 bits per heavy atom. The Bertz CT molecular complexity index is 509. The highest BCUT2D eigenvalue weighted by Gasteiger charge is 2.08. The maximum atomic E-state index is 11.9. The molecule has 0 aliphatic rings. The van der Waals surface area contributed by atoms with Crippen molar-refractivity contribution in [2.24, 2.45) is 5.73 Å². The minimum Gasteiger partial charge on any atom is -0.494 e. The quantitative estimate of drug-likeness (QED) is 0.601. The number of rotatable bonds is 9. The molecular formula is C16H26ClN3O3. The summed E-state index contributed by atoms with van der Waals surface area (Å²) in [4.78, 5) is 23.0. The number of halogens is 1. The minimum atomic E-state index is -0.174. The van der Waals surface area contributed by atoms with Gasteiger partial charge in [-0.2, -0.15) is 0 Å². The van der Waals surface area contributed by atoms with Crippen LogP contribution < -0.4 is 21.1 Å². The van der Waals surface area contributed by atoms with Crippen molar-refractivity contribution in [2.45, 2.75) is 39.0 Å². The summed E-state index contributed by atoms with van der Waals surface area (Å²) in [5, 5.41) is 5.50. The standard InChI is InChI=1S/C16H25N3O3.ClH/c1-12(20)18-14-9-8-13(11-15(14)22-2)19-16(21)7-5-3-4-6-10-17;/h8-9,11H,3-7,10,17H2,1-2H3,(H,18,20)(H,19,21);1H. The lowest BCUT2D eigenvalue weighted by Crippen LogP contribution is -2.12. The highest BCUT2D eigenvalue weighted by molar-refractivity contribution is 5.93. The van der Waals surface area contributed by atoms with E-state index in [4.69, 9.17) is 10.5 Å². The van der Waals surface area contributed by atoms with Crippen LogP contribution in [0.2, 0.25) is 0 Å². The van der Waals surface area contributed by atoms with Gasteiger partial charge in [-0.05, 0) is 31.5 Å². The molecule has 0 radical (unpaired) electrons. The first-order chi connectivity index (χ1) is 10.6. The Morgan fingerprint density at radius 3 is 2.43 bits per heavy atom. The van der Waals surface area contributed by atoms with Gasteiger partial charge in [0.1, 0.15) is 5.75 Å². The zero-order valence-electron chi connectivity index (χ0n) is 13.7. The zero-order valence-corrected chi connectivity index (χ0v) is 14.5. The topological polar surface area (TPSA) is 93.4 Å². The molecule has 0 aliphatic carbocycles. The molecule has 0 saturated carbocycles. The van der Waals surface area contributed by atoms with E-state index >= 15 is 0 Å². The summed E-state index contributed by atoms with van der Waals surface area (Å²) in [7, 11) is 1.52. The Morgan fingerprint density at radius 2 is 1.83 bits per heavy atom. The van der Waals surface area contributed by atoms with Crippen LogP contribution in [-0.2, 0) is 9.59 Å². The molecule has 0 bridgehead atoms. The molecule has 4 N–H and O–H groups in total. The van der Waals surface area contributed by atoms with E-state index in [1.807, 2.05) is 0 Å². The van der Waals surface area contributed by atoms with Gasteiger partial charge in [0.05, 0.1) is 12.8 Å². The van der Waals surface area contributed by atoms with Crippen molar-refractivity contribution in [1.29, 1.82) is 0 Å². The van der Waals surface area contributed by atoms with Crippen molar-refractivity contribution >= 4 is 35.6 Å². The third-order valence-electron chi connectivity index (χ3n) is 3.15. The number of methoxy groups -OCH3 is 1. The molecular weight excluding hydrogens is 318 g/mol. The highest BCUT2D eigenvalue weighted by Crippen LogP contribution is 2.28. The maximum Gasteiger partial charge on any atom is 0.224 e. The summed E-state index contributed by atoms with van der Waals surface area (Å²) in [5.74, 6) is 0.311. The third kappa shape index (κ3) is 8.42. The Labute approximate surface area is 143 Å². The van der Waals surface area contributed by atoms with Crippen molar-refractivity contribution in [3.8, 4) is 5.75 Å². The van der Waals surface area contributed by atoms with E-state index in [1.54, 1.807) is 18.2 Å². The number of carbonyl (C=O) groups excluding carboxylic acids is 2. The summed E-state index contributed by atoms with van der Waals surface area (Å²) in [6.45, 7) is 2.13. The molecule has 0 unspecified atom stereocenters. The predicted octanol–water partition coefficient (Wildman–Crippen LogP) is 2.92. The lowest BCUT2D eigenvalue weighted by molar-refractivity contribution is -0.116. The number of carbonyl (C=O) groups is 2. The van der Waals surface area contributed by atoms with Gasteiger partial charge in [0.25, 0.3) is 0 Å². The summed E-state index contributed by atoms with van der Waals surface area (Å²) in [5.41, 5.74) is 6.65. The maximum absolute atomic E-state index is 11.9. The molecule has 0 saturated heterocycles. The first-order valence-electron chi connectivity index (χ1n) is 7.52. The first kappa shape index (κ1) is 21.2. The number of amides is 2. The molecule has 23 heavy (non-hydrogen) atoms. The Balaban J connectivity index is 0.00000484. The molecule has 0 fully saturated rings. The van der Waals surface area contributed by atoms with Crippen molar-refractivity contribution in [3.63, 3.8) is 0 Å². The van der Waals surface area contributed by atoms with Crippen LogP contribution in [0.1, 0.15) is 39.0 Å². The zero-order chi connectivity index (χ0) is 16.4. The molecule has 130 valence electrons. The van der Waals surface area contributed by atoms with E-state index in [0.29, 0.717) is 30.1 Å². The summed E-state index contributed by atoms with van der Waals surface area (Å²) in [6, 6.07) is 5.13. The Hall–Kier alpha value is -1.79. The molecule has 1 rings (SSSR count). The number of nitrogens with two attached hydrogens (primary N) is 1. The summed E-state index contributed by atoms with van der Waals surface area (Å²) < 4.78 is 5.22.